The maximum atomic E-state index is 12.4. The SMILES string of the molecule is Cc1nc(NS(=O)(=O)c2cccc(CN)c2C)sc1C. The Balaban J connectivity index is 2.40. The average molecular weight is 311 g/mol. The van der Waals surface area contributed by atoms with Crippen molar-refractivity contribution in [2.24, 2.45) is 5.73 Å². The van der Waals surface area contributed by atoms with Gasteiger partial charge >= 0.3 is 0 Å². The molecule has 0 aliphatic heterocycles. The second-order valence-corrected chi connectivity index (χ2v) is 7.36. The molecule has 0 radical (unpaired) electrons. The molecule has 0 fully saturated rings. The maximum Gasteiger partial charge on any atom is 0.263 e. The molecular formula is C13H17N3O2S2. The van der Waals surface area contributed by atoms with E-state index in [1.54, 1.807) is 19.1 Å². The normalized spacial score (nSPS) is 11.6. The first kappa shape index (κ1) is 15.0. The molecule has 0 aliphatic rings. The maximum absolute atomic E-state index is 12.4. The van der Waals surface area contributed by atoms with Crippen molar-refractivity contribution < 1.29 is 8.42 Å². The van der Waals surface area contributed by atoms with Crippen molar-refractivity contribution in [3.63, 3.8) is 0 Å². The van der Waals surface area contributed by atoms with Crippen molar-refractivity contribution in [3.8, 4) is 0 Å². The summed E-state index contributed by atoms with van der Waals surface area (Å²) in [6.07, 6.45) is 0. The lowest BCUT2D eigenvalue weighted by atomic mass is 10.1. The molecular weight excluding hydrogens is 294 g/mol. The zero-order valence-electron chi connectivity index (χ0n) is 11.6. The number of nitrogens with one attached hydrogen (secondary N) is 1. The number of nitrogens with two attached hydrogens (primary N) is 1. The Morgan fingerprint density at radius 2 is 2.00 bits per heavy atom. The number of aryl methyl sites for hydroxylation is 2. The van der Waals surface area contributed by atoms with Crippen LogP contribution in [0.3, 0.4) is 0 Å². The summed E-state index contributed by atoms with van der Waals surface area (Å²) in [4.78, 5) is 5.43. The number of anilines is 1. The molecule has 2 rings (SSSR count). The third-order valence-corrected chi connectivity index (χ3v) is 5.76. The third-order valence-electron chi connectivity index (χ3n) is 3.16. The fraction of sp³-hybridized carbons (Fsp3) is 0.308. The Morgan fingerprint density at radius 1 is 1.30 bits per heavy atom. The number of benzene rings is 1. The molecule has 3 N–H and O–H groups in total. The quantitative estimate of drug-likeness (QED) is 0.907. The molecule has 0 aliphatic carbocycles. The van der Waals surface area contributed by atoms with E-state index >= 15 is 0 Å². The largest absolute Gasteiger partial charge is 0.326 e. The number of thiazole rings is 1. The lowest BCUT2D eigenvalue weighted by molar-refractivity contribution is 0.600. The minimum Gasteiger partial charge on any atom is -0.326 e. The van der Waals surface area contributed by atoms with E-state index in [1.165, 1.54) is 11.3 Å². The standard InChI is InChI=1S/C13H17N3O2S2/c1-8-11(7-14)5-4-6-12(8)20(17,18)16-13-15-9(2)10(3)19-13/h4-6H,7,14H2,1-3H3,(H,15,16). The van der Waals surface area contributed by atoms with Gasteiger partial charge in [0.15, 0.2) is 5.13 Å². The number of aromatic nitrogens is 1. The van der Waals surface area contributed by atoms with Crippen LogP contribution in [0.25, 0.3) is 0 Å². The number of rotatable bonds is 4. The Morgan fingerprint density at radius 3 is 2.55 bits per heavy atom. The molecule has 0 saturated carbocycles. The predicted octanol–water partition coefficient (Wildman–Crippen LogP) is 2.33. The molecule has 7 heteroatoms. The van der Waals surface area contributed by atoms with Crippen LogP contribution >= 0.6 is 11.3 Å². The van der Waals surface area contributed by atoms with Gasteiger partial charge in [-0.1, -0.05) is 12.1 Å². The molecule has 1 aromatic heterocycles. The summed E-state index contributed by atoms with van der Waals surface area (Å²) in [5, 5.41) is 0.387. The lowest BCUT2D eigenvalue weighted by Crippen LogP contribution is -2.15. The minimum atomic E-state index is -3.64. The van der Waals surface area contributed by atoms with E-state index in [4.69, 9.17) is 5.73 Å². The Hall–Kier alpha value is -1.44. The van der Waals surface area contributed by atoms with E-state index in [-0.39, 0.29) is 4.90 Å². The molecule has 0 amide bonds. The van der Waals surface area contributed by atoms with Gasteiger partial charge in [-0.15, -0.1) is 11.3 Å². The predicted molar refractivity (Wildman–Crippen MR) is 81.5 cm³/mol. The first-order chi connectivity index (χ1) is 9.35. The monoisotopic (exact) mass is 311 g/mol. The molecule has 5 nitrogen and oxygen atoms in total. The molecule has 0 atom stereocenters. The highest BCUT2D eigenvalue weighted by atomic mass is 32.2. The third kappa shape index (κ3) is 2.84. The van der Waals surface area contributed by atoms with Gasteiger partial charge < -0.3 is 5.73 Å². The summed E-state index contributed by atoms with van der Waals surface area (Å²) in [6, 6.07) is 5.10. The summed E-state index contributed by atoms with van der Waals surface area (Å²) in [6.45, 7) is 5.83. The van der Waals surface area contributed by atoms with Gasteiger partial charge in [0.2, 0.25) is 0 Å². The number of nitrogens with zero attached hydrogens (tertiary/aromatic N) is 1. The molecule has 2 aromatic rings. The fourth-order valence-corrected chi connectivity index (χ4v) is 4.20. The van der Waals surface area contributed by atoms with Crippen molar-refractivity contribution in [3.05, 3.63) is 39.9 Å². The van der Waals surface area contributed by atoms with Crippen LogP contribution in [0.5, 0.6) is 0 Å². The van der Waals surface area contributed by atoms with Gasteiger partial charge in [0.1, 0.15) is 0 Å². The Kier molecular flexibility index (Phi) is 4.12. The summed E-state index contributed by atoms with van der Waals surface area (Å²) in [5.74, 6) is 0. The molecule has 0 spiro atoms. The zero-order chi connectivity index (χ0) is 14.9. The van der Waals surface area contributed by atoms with Crippen LogP contribution in [0.4, 0.5) is 5.13 Å². The lowest BCUT2D eigenvalue weighted by Gasteiger charge is -2.11. The van der Waals surface area contributed by atoms with Gasteiger partial charge in [-0.2, -0.15) is 0 Å². The van der Waals surface area contributed by atoms with E-state index in [2.05, 4.69) is 9.71 Å². The van der Waals surface area contributed by atoms with Crippen molar-refractivity contribution in [2.75, 3.05) is 4.72 Å². The highest BCUT2D eigenvalue weighted by Gasteiger charge is 2.20. The molecule has 108 valence electrons. The summed E-state index contributed by atoms with van der Waals surface area (Å²) in [7, 11) is -3.64. The van der Waals surface area contributed by atoms with Crippen LogP contribution in [0.1, 0.15) is 21.7 Å². The Labute approximate surface area is 122 Å². The van der Waals surface area contributed by atoms with E-state index < -0.39 is 10.0 Å². The number of hydrogen-bond acceptors (Lipinski definition) is 5. The van der Waals surface area contributed by atoms with Crippen LogP contribution < -0.4 is 10.5 Å². The smallest absolute Gasteiger partial charge is 0.263 e. The molecule has 20 heavy (non-hydrogen) atoms. The van der Waals surface area contributed by atoms with Gasteiger partial charge in [-0.25, -0.2) is 13.4 Å². The van der Waals surface area contributed by atoms with Crippen molar-refractivity contribution in [1.82, 2.24) is 4.98 Å². The first-order valence-corrected chi connectivity index (χ1v) is 8.40. The van der Waals surface area contributed by atoms with E-state index in [9.17, 15) is 8.42 Å². The van der Waals surface area contributed by atoms with Gasteiger partial charge in [0, 0.05) is 11.4 Å². The Bertz CT molecular complexity index is 717. The second kappa shape index (κ2) is 5.51. The topological polar surface area (TPSA) is 85.1 Å². The minimum absolute atomic E-state index is 0.242. The van der Waals surface area contributed by atoms with Gasteiger partial charge in [0.25, 0.3) is 10.0 Å². The molecule has 0 unspecified atom stereocenters. The number of sulfonamides is 1. The molecule has 1 heterocycles. The van der Waals surface area contributed by atoms with Gasteiger partial charge in [-0.05, 0) is 38.0 Å². The van der Waals surface area contributed by atoms with Crippen LogP contribution in [-0.4, -0.2) is 13.4 Å². The molecule has 0 bridgehead atoms. The molecule has 0 saturated heterocycles. The van der Waals surface area contributed by atoms with E-state index in [1.807, 2.05) is 19.9 Å². The zero-order valence-corrected chi connectivity index (χ0v) is 13.2. The van der Waals surface area contributed by atoms with Crippen molar-refractivity contribution >= 4 is 26.5 Å². The second-order valence-electron chi connectivity index (χ2n) is 4.51. The highest BCUT2D eigenvalue weighted by molar-refractivity contribution is 7.93. The van der Waals surface area contributed by atoms with Crippen molar-refractivity contribution in [2.45, 2.75) is 32.2 Å². The summed E-state index contributed by atoms with van der Waals surface area (Å²) < 4.78 is 27.4. The van der Waals surface area contributed by atoms with Gasteiger partial charge in [0.05, 0.1) is 10.6 Å². The average Bonchev–Trinajstić information content (AvgIpc) is 2.67. The fourth-order valence-electron chi connectivity index (χ4n) is 1.86. The van der Waals surface area contributed by atoms with Crippen molar-refractivity contribution in [1.29, 1.82) is 0 Å². The highest BCUT2D eigenvalue weighted by Crippen LogP contribution is 2.26. The van der Waals surface area contributed by atoms with Gasteiger partial charge in [-0.3, -0.25) is 4.72 Å². The van der Waals surface area contributed by atoms with Crippen LogP contribution in [0.15, 0.2) is 23.1 Å². The molecule has 1 aromatic carbocycles. The first-order valence-electron chi connectivity index (χ1n) is 6.10. The van der Waals surface area contributed by atoms with Crippen LogP contribution in [-0.2, 0) is 16.6 Å². The van der Waals surface area contributed by atoms with E-state index in [0.29, 0.717) is 17.2 Å². The van der Waals surface area contributed by atoms with E-state index in [0.717, 1.165) is 16.1 Å². The number of hydrogen-bond donors (Lipinski definition) is 2. The summed E-state index contributed by atoms with van der Waals surface area (Å²) in [5.41, 5.74) is 7.94. The van der Waals surface area contributed by atoms with Crippen LogP contribution in [0.2, 0.25) is 0 Å². The van der Waals surface area contributed by atoms with Crippen LogP contribution in [0, 0.1) is 20.8 Å². The summed E-state index contributed by atoms with van der Waals surface area (Å²) >= 11 is 1.33.